The molecule has 2 aliphatic heterocycles. The van der Waals surface area contributed by atoms with E-state index in [1.165, 1.54) is 0 Å². The number of aromatic nitrogens is 3. The molecule has 2 N–H and O–H groups in total. The third-order valence-corrected chi connectivity index (χ3v) is 5.19. The molecule has 1 saturated heterocycles. The lowest BCUT2D eigenvalue weighted by molar-refractivity contribution is 0.0925. The molecule has 4 rings (SSSR count). The summed E-state index contributed by atoms with van der Waals surface area (Å²) in [6, 6.07) is 3.93. The van der Waals surface area contributed by atoms with Crippen molar-refractivity contribution in [2.75, 3.05) is 19.7 Å². The molecule has 0 atom stereocenters. The molecular formula is C20H27N5O2. The lowest BCUT2D eigenvalue weighted by atomic mass is 10.1. The maximum atomic E-state index is 12.9. The number of nitrogens with zero attached hydrogens (tertiary/aromatic N) is 3. The smallest absolute Gasteiger partial charge is 0.272 e. The minimum atomic E-state index is -0.106. The second-order valence-corrected chi connectivity index (χ2v) is 7.22. The number of carbonyl (C=O) groups is 1. The summed E-state index contributed by atoms with van der Waals surface area (Å²) in [6.45, 7) is 3.15. The second-order valence-electron chi connectivity index (χ2n) is 7.22. The maximum absolute atomic E-state index is 12.9. The quantitative estimate of drug-likeness (QED) is 0.795. The monoisotopic (exact) mass is 369 g/mol. The number of aryl methyl sites for hydroxylation is 1. The maximum Gasteiger partial charge on any atom is 0.272 e. The molecule has 2 aliphatic rings. The Kier molecular flexibility index (Phi) is 5.67. The molecule has 2 aromatic rings. The zero-order valence-corrected chi connectivity index (χ0v) is 15.6. The normalized spacial score (nSPS) is 20.3. The number of piperidine rings is 1. The Hall–Kier alpha value is -2.41. The largest absolute Gasteiger partial charge is 0.473 e. The number of nitrogens with one attached hydrogen (secondary N) is 2. The molecule has 4 heterocycles. The Balaban J connectivity index is 1.62. The standard InChI is InChI=1S/C20H27N5O2/c26-20(22-15-9-11-21-12-10-15)18-16-7-8-17-23-19(16)25(24-18)13-5-3-1-2-4-6-14-27-17/h4,6-8,15,21H,1-3,5,9-14H2,(H,22,26)/b6-4+. The summed E-state index contributed by atoms with van der Waals surface area (Å²) in [5, 5.41) is 11.9. The van der Waals surface area contributed by atoms with Gasteiger partial charge in [0.25, 0.3) is 5.91 Å². The molecule has 7 nitrogen and oxygen atoms in total. The van der Waals surface area contributed by atoms with Crippen LogP contribution in [0.5, 0.6) is 5.88 Å². The molecule has 1 amide bonds. The third kappa shape index (κ3) is 4.30. The minimum absolute atomic E-state index is 0.106. The number of ether oxygens (including phenoxy) is 1. The van der Waals surface area contributed by atoms with Crippen molar-refractivity contribution in [1.82, 2.24) is 25.4 Å². The van der Waals surface area contributed by atoms with Crippen molar-refractivity contribution in [3.05, 3.63) is 30.0 Å². The van der Waals surface area contributed by atoms with Gasteiger partial charge in [0.05, 0.1) is 5.39 Å². The summed E-state index contributed by atoms with van der Waals surface area (Å²) in [6.07, 6.45) is 10.5. The van der Waals surface area contributed by atoms with Gasteiger partial charge in [-0.05, 0) is 51.3 Å². The van der Waals surface area contributed by atoms with Gasteiger partial charge in [0.15, 0.2) is 11.3 Å². The number of allylic oxidation sites excluding steroid dienone is 1. The van der Waals surface area contributed by atoms with Crippen LogP contribution in [0.25, 0.3) is 11.0 Å². The van der Waals surface area contributed by atoms with E-state index < -0.39 is 0 Å². The van der Waals surface area contributed by atoms with E-state index in [0.717, 1.165) is 69.2 Å². The van der Waals surface area contributed by atoms with Gasteiger partial charge in [0.1, 0.15) is 6.61 Å². The predicted molar refractivity (Wildman–Crippen MR) is 104 cm³/mol. The fraction of sp³-hybridized carbons (Fsp3) is 0.550. The van der Waals surface area contributed by atoms with Crippen molar-refractivity contribution in [2.24, 2.45) is 0 Å². The Bertz CT molecular complexity index is 823. The van der Waals surface area contributed by atoms with Gasteiger partial charge in [-0.1, -0.05) is 18.6 Å². The second kappa shape index (κ2) is 8.52. The van der Waals surface area contributed by atoms with E-state index in [0.29, 0.717) is 18.2 Å². The fourth-order valence-corrected chi connectivity index (χ4v) is 3.68. The highest BCUT2D eigenvalue weighted by Gasteiger charge is 2.22. The summed E-state index contributed by atoms with van der Waals surface area (Å²) in [5.74, 6) is 0.461. The van der Waals surface area contributed by atoms with Crippen LogP contribution >= 0.6 is 0 Å². The number of amides is 1. The number of hydrogen-bond donors (Lipinski definition) is 2. The summed E-state index contributed by atoms with van der Waals surface area (Å²) in [7, 11) is 0. The van der Waals surface area contributed by atoms with Gasteiger partial charge in [-0.15, -0.1) is 0 Å². The van der Waals surface area contributed by atoms with E-state index in [4.69, 9.17) is 4.74 Å². The van der Waals surface area contributed by atoms with E-state index in [9.17, 15) is 4.79 Å². The van der Waals surface area contributed by atoms with Crippen LogP contribution in [0.15, 0.2) is 24.3 Å². The van der Waals surface area contributed by atoms with Gasteiger partial charge < -0.3 is 15.4 Å². The lowest BCUT2D eigenvalue weighted by Gasteiger charge is -2.23. The minimum Gasteiger partial charge on any atom is -0.473 e. The van der Waals surface area contributed by atoms with E-state index in [2.05, 4.69) is 26.8 Å². The first-order valence-corrected chi connectivity index (χ1v) is 9.98. The van der Waals surface area contributed by atoms with Crippen LogP contribution in [0.1, 0.15) is 49.0 Å². The average molecular weight is 369 g/mol. The van der Waals surface area contributed by atoms with Gasteiger partial charge in [-0.25, -0.2) is 4.68 Å². The van der Waals surface area contributed by atoms with Crippen LogP contribution in [-0.2, 0) is 6.54 Å². The van der Waals surface area contributed by atoms with Crippen LogP contribution in [-0.4, -0.2) is 46.4 Å². The van der Waals surface area contributed by atoms with Crippen molar-refractivity contribution in [3.8, 4) is 5.88 Å². The summed E-state index contributed by atoms with van der Waals surface area (Å²) < 4.78 is 7.59. The molecule has 0 unspecified atom stereocenters. The molecule has 7 heteroatoms. The zero-order valence-electron chi connectivity index (χ0n) is 15.6. The van der Waals surface area contributed by atoms with Crippen molar-refractivity contribution in [2.45, 2.75) is 51.1 Å². The number of fused-ring (bicyclic) bond motifs is 1. The molecule has 2 aromatic heterocycles. The Labute approximate surface area is 159 Å². The van der Waals surface area contributed by atoms with E-state index >= 15 is 0 Å². The number of carbonyl (C=O) groups excluding carboxylic acids is 1. The first-order chi connectivity index (χ1) is 13.3. The highest BCUT2D eigenvalue weighted by Crippen LogP contribution is 2.22. The van der Waals surface area contributed by atoms with Gasteiger partial charge in [0.2, 0.25) is 5.88 Å². The van der Waals surface area contributed by atoms with Gasteiger partial charge >= 0.3 is 0 Å². The number of hydrogen-bond acceptors (Lipinski definition) is 5. The topological polar surface area (TPSA) is 81.1 Å². The Morgan fingerprint density at radius 1 is 1.19 bits per heavy atom. The van der Waals surface area contributed by atoms with Crippen molar-refractivity contribution in [3.63, 3.8) is 0 Å². The molecule has 2 bridgehead atoms. The molecule has 0 saturated carbocycles. The van der Waals surface area contributed by atoms with E-state index in [1.54, 1.807) is 0 Å². The fourth-order valence-electron chi connectivity index (χ4n) is 3.68. The average Bonchev–Trinajstić information content (AvgIpc) is 3.05. The summed E-state index contributed by atoms with van der Waals surface area (Å²) in [4.78, 5) is 17.5. The van der Waals surface area contributed by atoms with Crippen LogP contribution in [0.3, 0.4) is 0 Å². The van der Waals surface area contributed by atoms with Crippen LogP contribution in [0.4, 0.5) is 0 Å². The first-order valence-electron chi connectivity index (χ1n) is 9.98. The van der Waals surface area contributed by atoms with Gasteiger partial charge in [0, 0.05) is 18.7 Å². The lowest BCUT2D eigenvalue weighted by Crippen LogP contribution is -2.42. The zero-order chi connectivity index (χ0) is 18.5. The molecule has 0 spiro atoms. The number of rotatable bonds is 2. The predicted octanol–water partition coefficient (Wildman–Crippen LogP) is 2.42. The van der Waals surface area contributed by atoms with Crippen LogP contribution in [0, 0.1) is 0 Å². The summed E-state index contributed by atoms with van der Waals surface area (Å²) >= 11 is 0. The van der Waals surface area contributed by atoms with Crippen molar-refractivity contribution >= 4 is 16.9 Å². The summed E-state index contributed by atoms with van der Waals surface area (Å²) in [5.41, 5.74) is 1.20. The molecule has 0 radical (unpaired) electrons. The molecule has 27 heavy (non-hydrogen) atoms. The first kappa shape index (κ1) is 18.0. The molecule has 0 aromatic carbocycles. The molecule has 1 fully saturated rings. The van der Waals surface area contributed by atoms with E-state index in [-0.39, 0.29) is 11.9 Å². The highest BCUT2D eigenvalue weighted by molar-refractivity contribution is 6.04. The SMILES string of the molecule is O=C(NC1CCNCC1)c1nn2c3nc(ccc13)OC/C=C/CCCCC2. The van der Waals surface area contributed by atoms with Crippen LogP contribution < -0.4 is 15.4 Å². The molecule has 144 valence electrons. The Morgan fingerprint density at radius 2 is 2.07 bits per heavy atom. The molecule has 0 aliphatic carbocycles. The van der Waals surface area contributed by atoms with Crippen molar-refractivity contribution < 1.29 is 9.53 Å². The highest BCUT2D eigenvalue weighted by atomic mass is 16.5. The van der Waals surface area contributed by atoms with Gasteiger partial charge in [-0.2, -0.15) is 10.1 Å². The van der Waals surface area contributed by atoms with Gasteiger partial charge in [-0.3, -0.25) is 4.79 Å². The Morgan fingerprint density at radius 3 is 2.96 bits per heavy atom. The number of pyridine rings is 1. The molecular weight excluding hydrogens is 342 g/mol. The van der Waals surface area contributed by atoms with Crippen molar-refractivity contribution in [1.29, 1.82) is 0 Å². The third-order valence-electron chi connectivity index (χ3n) is 5.19. The van der Waals surface area contributed by atoms with E-state index in [1.807, 2.05) is 22.9 Å². The van der Waals surface area contributed by atoms with Crippen LogP contribution in [0.2, 0.25) is 0 Å².